The van der Waals surface area contributed by atoms with Crippen molar-refractivity contribution in [3.63, 3.8) is 0 Å². The number of carboxylic acids is 1. The molecule has 0 aliphatic rings. The summed E-state index contributed by atoms with van der Waals surface area (Å²) in [6.07, 6.45) is 0. The van der Waals surface area contributed by atoms with Crippen LogP contribution in [-0.4, -0.2) is 16.6 Å². The minimum atomic E-state index is -1.13. The van der Waals surface area contributed by atoms with Gasteiger partial charge in [-0.3, -0.25) is 0 Å². The summed E-state index contributed by atoms with van der Waals surface area (Å²) in [5.74, 6) is -1.68. The Kier molecular flexibility index (Phi) is 2.98. The lowest BCUT2D eigenvalue weighted by atomic mass is 10.1. The number of halogens is 1. The highest BCUT2D eigenvalue weighted by atomic mass is 19.1. The molecule has 1 rings (SSSR count). The zero-order valence-electron chi connectivity index (χ0n) is 8.97. The molecule has 15 heavy (non-hydrogen) atoms. The number of aromatic carboxylic acids is 1. The summed E-state index contributed by atoms with van der Waals surface area (Å²) in [6.45, 7) is 5.70. The molecule has 0 aliphatic heterocycles. The summed E-state index contributed by atoms with van der Waals surface area (Å²) >= 11 is 0. The van der Waals surface area contributed by atoms with Gasteiger partial charge in [0, 0.05) is 5.54 Å². The summed E-state index contributed by atoms with van der Waals surface area (Å²) in [4.78, 5) is 10.6. The van der Waals surface area contributed by atoms with Gasteiger partial charge in [-0.2, -0.15) is 0 Å². The second-order valence-electron chi connectivity index (χ2n) is 4.37. The Labute approximate surface area is 87.9 Å². The number of rotatable bonds is 2. The second-order valence-corrected chi connectivity index (χ2v) is 4.37. The van der Waals surface area contributed by atoms with Crippen LogP contribution in [0, 0.1) is 5.82 Å². The summed E-state index contributed by atoms with van der Waals surface area (Å²) in [6, 6.07) is 3.82. The van der Waals surface area contributed by atoms with E-state index in [0.717, 1.165) is 6.07 Å². The molecule has 82 valence electrons. The van der Waals surface area contributed by atoms with E-state index in [9.17, 15) is 9.18 Å². The van der Waals surface area contributed by atoms with E-state index < -0.39 is 11.8 Å². The fourth-order valence-electron chi connectivity index (χ4n) is 1.15. The molecule has 0 heterocycles. The third-order valence-electron chi connectivity index (χ3n) is 1.73. The summed E-state index contributed by atoms with van der Waals surface area (Å²) in [5.41, 5.74) is 0.00504. The Bertz CT molecular complexity index is 383. The Hall–Kier alpha value is -1.58. The zero-order valence-corrected chi connectivity index (χ0v) is 8.97. The van der Waals surface area contributed by atoms with Crippen LogP contribution in [-0.2, 0) is 0 Å². The number of hydrogen-bond acceptors (Lipinski definition) is 2. The third kappa shape index (κ3) is 3.23. The largest absolute Gasteiger partial charge is 0.478 e. The van der Waals surface area contributed by atoms with Gasteiger partial charge in [0.15, 0.2) is 0 Å². The second kappa shape index (κ2) is 3.88. The minimum Gasteiger partial charge on any atom is -0.478 e. The predicted octanol–water partition coefficient (Wildman–Crippen LogP) is 2.73. The molecule has 0 saturated heterocycles. The first-order valence-corrected chi connectivity index (χ1v) is 4.60. The van der Waals surface area contributed by atoms with Gasteiger partial charge in [0.2, 0.25) is 0 Å². The molecule has 2 N–H and O–H groups in total. The van der Waals surface area contributed by atoms with Crippen molar-refractivity contribution in [2.24, 2.45) is 0 Å². The maximum atomic E-state index is 13.4. The molecule has 0 radical (unpaired) electrons. The van der Waals surface area contributed by atoms with E-state index in [4.69, 9.17) is 5.11 Å². The molecule has 0 unspecified atom stereocenters. The van der Waals surface area contributed by atoms with Gasteiger partial charge in [-0.1, -0.05) is 0 Å². The van der Waals surface area contributed by atoms with Gasteiger partial charge in [0.25, 0.3) is 0 Å². The first kappa shape index (κ1) is 11.5. The summed E-state index contributed by atoms with van der Waals surface area (Å²) in [7, 11) is 0. The van der Waals surface area contributed by atoms with Crippen molar-refractivity contribution in [2.75, 3.05) is 5.32 Å². The number of carboxylic acid groups (broad SMARTS) is 1. The SMILES string of the molecule is CC(C)(C)Nc1ccc(C(=O)O)cc1F. The molecule has 0 bridgehead atoms. The quantitative estimate of drug-likeness (QED) is 0.790. The molecular weight excluding hydrogens is 197 g/mol. The van der Waals surface area contributed by atoms with Crippen molar-refractivity contribution in [3.05, 3.63) is 29.6 Å². The fraction of sp³-hybridized carbons (Fsp3) is 0.364. The van der Waals surface area contributed by atoms with Crippen LogP contribution in [0.25, 0.3) is 0 Å². The lowest BCUT2D eigenvalue weighted by Crippen LogP contribution is -2.26. The van der Waals surface area contributed by atoms with Crippen molar-refractivity contribution >= 4 is 11.7 Å². The van der Waals surface area contributed by atoms with Gasteiger partial charge < -0.3 is 10.4 Å². The highest BCUT2D eigenvalue weighted by molar-refractivity contribution is 5.88. The molecule has 0 spiro atoms. The van der Waals surface area contributed by atoms with Crippen LogP contribution in [0.4, 0.5) is 10.1 Å². The van der Waals surface area contributed by atoms with Gasteiger partial charge in [-0.15, -0.1) is 0 Å². The molecule has 0 fully saturated rings. The average Bonchev–Trinajstić information content (AvgIpc) is 2.05. The van der Waals surface area contributed by atoms with Crippen molar-refractivity contribution in [3.8, 4) is 0 Å². The van der Waals surface area contributed by atoms with Crippen molar-refractivity contribution in [2.45, 2.75) is 26.3 Å². The standard InChI is InChI=1S/C11H14FNO2/c1-11(2,3)13-9-5-4-7(10(14)15)6-8(9)12/h4-6,13H,1-3H3,(H,14,15). The number of carbonyl (C=O) groups is 1. The predicted molar refractivity (Wildman–Crippen MR) is 56.7 cm³/mol. The molecule has 0 atom stereocenters. The number of nitrogens with one attached hydrogen (secondary N) is 1. The molecule has 0 saturated carbocycles. The number of benzene rings is 1. The molecule has 4 heteroatoms. The van der Waals surface area contributed by atoms with E-state index in [1.807, 2.05) is 20.8 Å². The monoisotopic (exact) mass is 211 g/mol. The van der Waals surface area contributed by atoms with Crippen LogP contribution in [0.5, 0.6) is 0 Å². The maximum Gasteiger partial charge on any atom is 0.335 e. The Morgan fingerprint density at radius 1 is 1.40 bits per heavy atom. The molecular formula is C11H14FNO2. The highest BCUT2D eigenvalue weighted by Gasteiger charge is 2.13. The van der Waals surface area contributed by atoms with Gasteiger partial charge in [-0.05, 0) is 39.0 Å². The number of anilines is 1. The molecule has 0 aromatic heterocycles. The van der Waals surface area contributed by atoms with Crippen LogP contribution in [0.2, 0.25) is 0 Å². The topological polar surface area (TPSA) is 49.3 Å². The van der Waals surface area contributed by atoms with Crippen molar-refractivity contribution in [1.29, 1.82) is 0 Å². The van der Waals surface area contributed by atoms with Crippen LogP contribution < -0.4 is 5.32 Å². The van der Waals surface area contributed by atoms with Crippen molar-refractivity contribution in [1.82, 2.24) is 0 Å². The lowest BCUT2D eigenvalue weighted by Gasteiger charge is -2.22. The number of hydrogen-bond donors (Lipinski definition) is 2. The van der Waals surface area contributed by atoms with Gasteiger partial charge in [0.1, 0.15) is 5.82 Å². The van der Waals surface area contributed by atoms with Gasteiger partial charge >= 0.3 is 5.97 Å². The Balaban J connectivity index is 2.99. The smallest absolute Gasteiger partial charge is 0.335 e. The molecule has 0 amide bonds. The first-order chi connectivity index (χ1) is 6.79. The summed E-state index contributed by atoms with van der Waals surface area (Å²) in [5, 5.41) is 11.6. The highest BCUT2D eigenvalue weighted by Crippen LogP contribution is 2.19. The Morgan fingerprint density at radius 2 is 2.00 bits per heavy atom. The third-order valence-corrected chi connectivity index (χ3v) is 1.73. The Morgan fingerprint density at radius 3 is 2.40 bits per heavy atom. The van der Waals surface area contributed by atoms with Gasteiger partial charge in [0.05, 0.1) is 11.3 Å². The minimum absolute atomic E-state index is 0.0491. The maximum absolute atomic E-state index is 13.4. The molecule has 3 nitrogen and oxygen atoms in total. The van der Waals surface area contributed by atoms with E-state index in [1.165, 1.54) is 12.1 Å². The zero-order chi connectivity index (χ0) is 11.6. The van der Waals surface area contributed by atoms with Crippen LogP contribution in [0.15, 0.2) is 18.2 Å². The van der Waals surface area contributed by atoms with E-state index in [1.54, 1.807) is 0 Å². The van der Waals surface area contributed by atoms with Crippen LogP contribution in [0.3, 0.4) is 0 Å². The van der Waals surface area contributed by atoms with Crippen molar-refractivity contribution < 1.29 is 14.3 Å². The normalized spacial score (nSPS) is 11.2. The van der Waals surface area contributed by atoms with E-state index >= 15 is 0 Å². The van der Waals surface area contributed by atoms with Crippen LogP contribution >= 0.6 is 0 Å². The molecule has 1 aromatic carbocycles. The summed E-state index contributed by atoms with van der Waals surface area (Å²) < 4.78 is 13.4. The first-order valence-electron chi connectivity index (χ1n) is 4.60. The van der Waals surface area contributed by atoms with E-state index in [2.05, 4.69) is 5.32 Å². The molecule has 1 aromatic rings. The van der Waals surface area contributed by atoms with Crippen LogP contribution in [0.1, 0.15) is 31.1 Å². The van der Waals surface area contributed by atoms with E-state index in [-0.39, 0.29) is 11.1 Å². The fourth-order valence-corrected chi connectivity index (χ4v) is 1.15. The average molecular weight is 211 g/mol. The van der Waals surface area contributed by atoms with E-state index in [0.29, 0.717) is 5.69 Å². The molecule has 0 aliphatic carbocycles. The lowest BCUT2D eigenvalue weighted by molar-refractivity contribution is 0.0696. The van der Waals surface area contributed by atoms with Gasteiger partial charge in [-0.25, -0.2) is 9.18 Å².